The van der Waals surface area contributed by atoms with Crippen molar-refractivity contribution in [3.8, 4) is 0 Å². The van der Waals surface area contributed by atoms with E-state index in [0.29, 0.717) is 18.7 Å². The van der Waals surface area contributed by atoms with Gasteiger partial charge in [0.15, 0.2) is 11.5 Å². The van der Waals surface area contributed by atoms with Crippen LogP contribution in [0.5, 0.6) is 0 Å². The molecular weight excluding hydrogens is 464 g/mol. The predicted octanol–water partition coefficient (Wildman–Crippen LogP) is 3.44. The molecule has 3 aromatic carbocycles. The van der Waals surface area contributed by atoms with Crippen molar-refractivity contribution in [2.75, 3.05) is 0 Å². The van der Waals surface area contributed by atoms with Crippen molar-refractivity contribution in [3.05, 3.63) is 131 Å². The van der Waals surface area contributed by atoms with Gasteiger partial charge in [-0.3, -0.25) is 29.9 Å². The lowest BCUT2D eigenvalue weighted by Crippen LogP contribution is -2.45. The van der Waals surface area contributed by atoms with Gasteiger partial charge in [0, 0.05) is 18.0 Å². The van der Waals surface area contributed by atoms with Crippen LogP contribution in [0.2, 0.25) is 0 Å². The van der Waals surface area contributed by atoms with Gasteiger partial charge >= 0.3 is 0 Å². The number of benzene rings is 3. The molecule has 2 aliphatic heterocycles. The minimum atomic E-state index is -1.20. The Balaban J connectivity index is 1.28. The SMILES string of the molecule is N=C1NC(c2ccccc2)(c2ccccc2)C(=O)N1Cc1cccc(C(=O)N2Cc3nccnc3C2)c1. The number of aromatic nitrogens is 2. The van der Waals surface area contributed by atoms with Crippen LogP contribution >= 0.6 is 0 Å². The summed E-state index contributed by atoms with van der Waals surface area (Å²) < 4.78 is 0. The highest BCUT2D eigenvalue weighted by atomic mass is 16.2. The molecule has 0 spiro atoms. The second-order valence-corrected chi connectivity index (χ2v) is 9.16. The summed E-state index contributed by atoms with van der Waals surface area (Å²) in [6.45, 7) is 1.00. The zero-order chi connectivity index (χ0) is 25.4. The summed E-state index contributed by atoms with van der Waals surface area (Å²) >= 11 is 0. The summed E-state index contributed by atoms with van der Waals surface area (Å²) in [6, 6.07) is 26.2. The minimum Gasteiger partial charge on any atom is -0.334 e. The maximum atomic E-state index is 14.0. The van der Waals surface area contributed by atoms with Crippen molar-refractivity contribution in [2.45, 2.75) is 25.2 Å². The summed E-state index contributed by atoms with van der Waals surface area (Å²) in [6.07, 6.45) is 3.27. The molecule has 1 saturated heterocycles. The molecule has 0 bridgehead atoms. The van der Waals surface area contributed by atoms with Crippen LogP contribution in [-0.4, -0.2) is 37.5 Å². The van der Waals surface area contributed by atoms with Gasteiger partial charge in [-0.25, -0.2) is 0 Å². The van der Waals surface area contributed by atoms with Gasteiger partial charge in [-0.05, 0) is 28.8 Å². The zero-order valence-corrected chi connectivity index (χ0v) is 20.0. The maximum Gasteiger partial charge on any atom is 0.264 e. The minimum absolute atomic E-state index is 0.0153. The van der Waals surface area contributed by atoms with Gasteiger partial charge in [0.25, 0.3) is 11.8 Å². The van der Waals surface area contributed by atoms with E-state index in [0.717, 1.165) is 28.1 Å². The molecule has 1 aromatic heterocycles. The molecule has 2 N–H and O–H groups in total. The van der Waals surface area contributed by atoms with Gasteiger partial charge < -0.3 is 10.2 Å². The van der Waals surface area contributed by atoms with E-state index in [2.05, 4.69) is 15.3 Å². The number of amides is 2. The summed E-state index contributed by atoms with van der Waals surface area (Å²) in [5.74, 6) is -0.342. The highest BCUT2D eigenvalue weighted by Gasteiger charge is 2.52. The van der Waals surface area contributed by atoms with Crippen LogP contribution in [-0.2, 0) is 30.0 Å². The Morgan fingerprint density at radius 1 is 0.865 bits per heavy atom. The summed E-state index contributed by atoms with van der Waals surface area (Å²) in [7, 11) is 0. The molecule has 0 saturated carbocycles. The quantitative estimate of drug-likeness (QED) is 0.448. The molecule has 0 radical (unpaired) electrons. The lowest BCUT2D eigenvalue weighted by atomic mass is 9.82. The van der Waals surface area contributed by atoms with Gasteiger partial charge in [0.05, 0.1) is 31.0 Å². The van der Waals surface area contributed by atoms with Crippen LogP contribution in [0.1, 0.15) is 38.4 Å². The van der Waals surface area contributed by atoms with Crippen molar-refractivity contribution in [1.29, 1.82) is 5.41 Å². The molecule has 0 atom stereocenters. The Morgan fingerprint density at radius 2 is 1.46 bits per heavy atom. The first-order chi connectivity index (χ1) is 18.1. The van der Waals surface area contributed by atoms with Crippen molar-refractivity contribution < 1.29 is 9.59 Å². The fourth-order valence-corrected chi connectivity index (χ4v) is 5.08. The Hall–Kier alpha value is -4.85. The first-order valence-electron chi connectivity index (χ1n) is 12.0. The monoisotopic (exact) mass is 488 g/mol. The van der Waals surface area contributed by atoms with E-state index in [1.165, 1.54) is 4.90 Å². The van der Waals surface area contributed by atoms with Crippen LogP contribution in [0.4, 0.5) is 0 Å². The number of rotatable bonds is 5. The van der Waals surface area contributed by atoms with Crippen LogP contribution < -0.4 is 5.32 Å². The number of carbonyl (C=O) groups is 2. The molecule has 37 heavy (non-hydrogen) atoms. The van der Waals surface area contributed by atoms with Crippen LogP contribution in [0.15, 0.2) is 97.3 Å². The molecule has 8 heteroatoms. The fraction of sp³-hybridized carbons (Fsp3) is 0.138. The highest BCUT2D eigenvalue weighted by molar-refractivity contribution is 6.10. The number of fused-ring (bicyclic) bond motifs is 1. The van der Waals surface area contributed by atoms with Gasteiger partial charge in [0.1, 0.15) is 0 Å². The number of nitrogens with one attached hydrogen (secondary N) is 2. The van der Waals surface area contributed by atoms with Gasteiger partial charge in [-0.15, -0.1) is 0 Å². The van der Waals surface area contributed by atoms with E-state index in [-0.39, 0.29) is 24.3 Å². The lowest BCUT2D eigenvalue weighted by Gasteiger charge is -2.28. The topological polar surface area (TPSA) is 102 Å². The summed E-state index contributed by atoms with van der Waals surface area (Å²) in [5.41, 5.74) is 3.23. The highest BCUT2D eigenvalue weighted by Crippen LogP contribution is 2.36. The Labute approximate surface area is 214 Å². The third kappa shape index (κ3) is 3.83. The normalized spacial score (nSPS) is 16.0. The van der Waals surface area contributed by atoms with E-state index < -0.39 is 5.54 Å². The van der Waals surface area contributed by atoms with Crippen molar-refractivity contribution >= 4 is 17.8 Å². The largest absolute Gasteiger partial charge is 0.334 e. The summed E-state index contributed by atoms with van der Waals surface area (Å²) in [5, 5.41) is 11.9. The third-order valence-electron chi connectivity index (χ3n) is 6.90. The Bertz CT molecular complexity index is 1440. The van der Waals surface area contributed by atoms with Gasteiger partial charge in [0.2, 0.25) is 0 Å². The Kier molecular flexibility index (Phi) is 5.49. The molecule has 2 amide bonds. The van der Waals surface area contributed by atoms with Crippen LogP contribution in [0.25, 0.3) is 0 Å². The van der Waals surface area contributed by atoms with E-state index in [1.807, 2.05) is 72.8 Å². The number of hydrogen-bond acceptors (Lipinski definition) is 5. The van der Waals surface area contributed by atoms with Crippen LogP contribution in [0, 0.1) is 5.41 Å². The fourth-order valence-electron chi connectivity index (χ4n) is 5.08. The molecule has 2 aliphatic rings. The predicted molar refractivity (Wildman–Crippen MR) is 137 cm³/mol. The number of guanidine groups is 1. The average molecular weight is 489 g/mol. The number of hydrogen-bond donors (Lipinski definition) is 2. The van der Waals surface area contributed by atoms with Crippen molar-refractivity contribution in [2.24, 2.45) is 0 Å². The maximum absolute atomic E-state index is 14.0. The van der Waals surface area contributed by atoms with E-state index in [4.69, 9.17) is 5.41 Å². The molecule has 8 nitrogen and oxygen atoms in total. The molecule has 6 rings (SSSR count). The second-order valence-electron chi connectivity index (χ2n) is 9.16. The Morgan fingerprint density at radius 3 is 2.05 bits per heavy atom. The first-order valence-corrected chi connectivity index (χ1v) is 12.0. The molecule has 0 aliphatic carbocycles. The number of nitrogens with zero attached hydrogens (tertiary/aromatic N) is 4. The van der Waals surface area contributed by atoms with Gasteiger partial charge in [-0.1, -0.05) is 72.8 Å². The first kappa shape index (κ1) is 22.6. The summed E-state index contributed by atoms with van der Waals surface area (Å²) in [4.78, 5) is 39.1. The standard InChI is InChI=1S/C29H24N6O2/c30-28-33-29(22-10-3-1-4-11-22,23-12-5-2-6-13-23)27(37)35(28)17-20-8-7-9-21(16-20)26(36)34-18-24-25(19-34)32-15-14-31-24/h1-16H,17-19H2,(H2,30,33). The van der Waals surface area contributed by atoms with E-state index in [1.54, 1.807) is 29.4 Å². The molecule has 4 aromatic rings. The van der Waals surface area contributed by atoms with E-state index >= 15 is 0 Å². The van der Waals surface area contributed by atoms with Crippen molar-refractivity contribution in [3.63, 3.8) is 0 Å². The smallest absolute Gasteiger partial charge is 0.264 e. The lowest BCUT2D eigenvalue weighted by molar-refractivity contribution is -0.130. The van der Waals surface area contributed by atoms with Crippen LogP contribution in [0.3, 0.4) is 0 Å². The molecular formula is C29H24N6O2. The number of carbonyl (C=O) groups excluding carboxylic acids is 2. The van der Waals surface area contributed by atoms with E-state index in [9.17, 15) is 9.59 Å². The third-order valence-corrected chi connectivity index (χ3v) is 6.90. The molecule has 1 fully saturated rings. The second kappa shape index (κ2) is 8.98. The molecule has 182 valence electrons. The van der Waals surface area contributed by atoms with Gasteiger partial charge in [-0.2, -0.15) is 0 Å². The zero-order valence-electron chi connectivity index (χ0n) is 20.0. The molecule has 3 heterocycles. The van der Waals surface area contributed by atoms with Crippen molar-refractivity contribution in [1.82, 2.24) is 25.1 Å². The molecule has 0 unspecified atom stereocenters. The average Bonchev–Trinajstić information content (AvgIpc) is 3.49.